The first kappa shape index (κ1) is 10.4. The van der Waals surface area contributed by atoms with Crippen molar-refractivity contribution in [2.45, 2.75) is 52.2 Å². The molecule has 0 aromatic carbocycles. The van der Waals surface area contributed by atoms with Crippen molar-refractivity contribution < 1.29 is 9.47 Å². The van der Waals surface area contributed by atoms with Crippen LogP contribution in [0.2, 0.25) is 0 Å². The maximum Gasteiger partial charge on any atom is 0.0846 e. The topological polar surface area (TPSA) is 18.5 Å². The molecule has 1 aliphatic heterocycles. The molecule has 0 bridgehead atoms. The molecule has 2 heteroatoms. The maximum atomic E-state index is 6.02. The SMILES string of the molecule is CC(C)(C)[C@@H]1CCOCC1OC1CC1. The van der Waals surface area contributed by atoms with E-state index in [9.17, 15) is 0 Å². The monoisotopic (exact) mass is 198 g/mol. The minimum atomic E-state index is 0.344. The zero-order valence-electron chi connectivity index (χ0n) is 9.58. The van der Waals surface area contributed by atoms with Crippen LogP contribution in [0.3, 0.4) is 0 Å². The quantitative estimate of drug-likeness (QED) is 0.679. The molecule has 0 N–H and O–H groups in total. The minimum absolute atomic E-state index is 0.344. The first-order valence-electron chi connectivity index (χ1n) is 5.80. The average Bonchev–Trinajstić information content (AvgIpc) is 2.87. The molecule has 2 atom stereocenters. The highest BCUT2D eigenvalue weighted by Gasteiger charge is 2.38. The maximum absolute atomic E-state index is 6.02. The second-order valence-electron chi connectivity index (χ2n) is 5.71. The van der Waals surface area contributed by atoms with Crippen molar-refractivity contribution in [3.63, 3.8) is 0 Å². The zero-order valence-corrected chi connectivity index (χ0v) is 9.58. The van der Waals surface area contributed by atoms with Crippen LogP contribution in [-0.2, 0) is 9.47 Å². The summed E-state index contributed by atoms with van der Waals surface area (Å²) in [6, 6.07) is 0. The molecule has 0 amide bonds. The number of rotatable bonds is 2. The van der Waals surface area contributed by atoms with Crippen LogP contribution in [0.4, 0.5) is 0 Å². The fourth-order valence-corrected chi connectivity index (χ4v) is 2.29. The summed E-state index contributed by atoms with van der Waals surface area (Å²) in [5.74, 6) is 0.664. The predicted molar refractivity (Wildman–Crippen MR) is 56.3 cm³/mol. The Morgan fingerprint density at radius 3 is 2.43 bits per heavy atom. The van der Waals surface area contributed by atoms with Crippen molar-refractivity contribution in [1.29, 1.82) is 0 Å². The summed E-state index contributed by atoms with van der Waals surface area (Å²) in [7, 11) is 0. The molecule has 1 saturated heterocycles. The zero-order chi connectivity index (χ0) is 10.2. The summed E-state index contributed by atoms with van der Waals surface area (Å²) in [4.78, 5) is 0. The van der Waals surface area contributed by atoms with Gasteiger partial charge in [0.1, 0.15) is 0 Å². The van der Waals surface area contributed by atoms with Crippen LogP contribution in [0.15, 0.2) is 0 Å². The van der Waals surface area contributed by atoms with Gasteiger partial charge in [-0.1, -0.05) is 20.8 Å². The van der Waals surface area contributed by atoms with Crippen molar-refractivity contribution >= 4 is 0 Å². The van der Waals surface area contributed by atoms with E-state index in [-0.39, 0.29) is 0 Å². The predicted octanol–water partition coefficient (Wildman–Crippen LogP) is 2.62. The highest BCUT2D eigenvalue weighted by molar-refractivity contribution is 4.86. The number of hydrogen-bond acceptors (Lipinski definition) is 2. The molecule has 0 spiro atoms. The van der Waals surface area contributed by atoms with Gasteiger partial charge in [0.25, 0.3) is 0 Å². The van der Waals surface area contributed by atoms with Crippen LogP contribution in [0.5, 0.6) is 0 Å². The molecule has 0 aromatic rings. The Morgan fingerprint density at radius 2 is 1.86 bits per heavy atom. The van der Waals surface area contributed by atoms with Crippen LogP contribution < -0.4 is 0 Å². The first-order valence-corrected chi connectivity index (χ1v) is 5.80. The molecular weight excluding hydrogens is 176 g/mol. The standard InChI is InChI=1S/C12H22O2/c1-12(2,3)10-6-7-13-8-11(10)14-9-4-5-9/h9-11H,4-8H2,1-3H3/t10-,11?/m1/s1. The van der Waals surface area contributed by atoms with Gasteiger partial charge in [-0.25, -0.2) is 0 Å². The van der Waals surface area contributed by atoms with E-state index in [1.165, 1.54) is 12.8 Å². The molecule has 1 aliphatic carbocycles. The van der Waals surface area contributed by atoms with Crippen LogP contribution in [-0.4, -0.2) is 25.4 Å². The number of ether oxygens (including phenoxy) is 2. The molecule has 2 nitrogen and oxygen atoms in total. The van der Waals surface area contributed by atoms with E-state index < -0.39 is 0 Å². The highest BCUT2D eigenvalue weighted by Crippen LogP contribution is 2.38. The largest absolute Gasteiger partial charge is 0.379 e. The van der Waals surface area contributed by atoms with E-state index in [1.807, 2.05) is 0 Å². The van der Waals surface area contributed by atoms with Gasteiger partial charge in [-0.15, -0.1) is 0 Å². The lowest BCUT2D eigenvalue weighted by Gasteiger charge is -2.40. The fourth-order valence-electron chi connectivity index (χ4n) is 2.29. The van der Waals surface area contributed by atoms with Gasteiger partial charge in [0, 0.05) is 6.61 Å². The lowest BCUT2D eigenvalue weighted by Crippen LogP contribution is -2.42. The van der Waals surface area contributed by atoms with Gasteiger partial charge in [-0.3, -0.25) is 0 Å². The molecule has 82 valence electrons. The molecule has 14 heavy (non-hydrogen) atoms. The molecule has 0 aromatic heterocycles. The molecular formula is C12H22O2. The minimum Gasteiger partial charge on any atom is -0.379 e. The van der Waals surface area contributed by atoms with E-state index in [0.29, 0.717) is 23.5 Å². The van der Waals surface area contributed by atoms with Crippen molar-refractivity contribution in [3.05, 3.63) is 0 Å². The first-order chi connectivity index (χ1) is 6.57. The Bertz CT molecular complexity index is 191. The Hall–Kier alpha value is -0.0800. The van der Waals surface area contributed by atoms with Crippen LogP contribution in [0.1, 0.15) is 40.0 Å². The van der Waals surface area contributed by atoms with Crippen molar-refractivity contribution in [2.24, 2.45) is 11.3 Å². The van der Waals surface area contributed by atoms with Crippen molar-refractivity contribution in [2.75, 3.05) is 13.2 Å². The van der Waals surface area contributed by atoms with E-state index in [1.54, 1.807) is 0 Å². The van der Waals surface area contributed by atoms with Crippen molar-refractivity contribution in [1.82, 2.24) is 0 Å². The van der Waals surface area contributed by atoms with Crippen LogP contribution >= 0.6 is 0 Å². The lowest BCUT2D eigenvalue weighted by atomic mass is 9.75. The van der Waals surface area contributed by atoms with Crippen LogP contribution in [0, 0.1) is 11.3 Å². The lowest BCUT2D eigenvalue weighted by molar-refractivity contribution is -0.116. The van der Waals surface area contributed by atoms with Crippen molar-refractivity contribution in [3.8, 4) is 0 Å². The van der Waals surface area contributed by atoms with E-state index in [4.69, 9.17) is 9.47 Å². The summed E-state index contributed by atoms with van der Waals surface area (Å²) >= 11 is 0. The molecule has 1 heterocycles. The fraction of sp³-hybridized carbons (Fsp3) is 1.00. The highest BCUT2D eigenvalue weighted by atomic mass is 16.5. The van der Waals surface area contributed by atoms with E-state index >= 15 is 0 Å². The molecule has 0 radical (unpaired) electrons. The molecule has 2 aliphatic rings. The Labute approximate surface area is 87.0 Å². The number of hydrogen-bond donors (Lipinski definition) is 0. The van der Waals surface area contributed by atoms with Gasteiger partial charge in [-0.2, -0.15) is 0 Å². The third-order valence-electron chi connectivity index (χ3n) is 3.31. The molecule has 1 saturated carbocycles. The summed E-state index contributed by atoms with van der Waals surface area (Å²) < 4.78 is 11.5. The van der Waals surface area contributed by atoms with Gasteiger partial charge in [0.2, 0.25) is 0 Å². The van der Waals surface area contributed by atoms with Gasteiger partial charge in [0.05, 0.1) is 18.8 Å². The Balaban J connectivity index is 1.95. The smallest absolute Gasteiger partial charge is 0.0846 e. The molecule has 2 rings (SSSR count). The van der Waals surface area contributed by atoms with Crippen LogP contribution in [0.25, 0.3) is 0 Å². The van der Waals surface area contributed by atoms with Gasteiger partial charge in [0.15, 0.2) is 0 Å². The summed E-state index contributed by atoms with van der Waals surface area (Å²) in [6.45, 7) is 8.65. The molecule has 2 fully saturated rings. The second kappa shape index (κ2) is 3.82. The van der Waals surface area contributed by atoms with Gasteiger partial charge >= 0.3 is 0 Å². The third kappa shape index (κ3) is 2.48. The van der Waals surface area contributed by atoms with Gasteiger partial charge < -0.3 is 9.47 Å². The summed E-state index contributed by atoms with van der Waals surface area (Å²) in [6.07, 6.45) is 4.56. The summed E-state index contributed by atoms with van der Waals surface area (Å²) in [5.41, 5.74) is 0.351. The van der Waals surface area contributed by atoms with E-state index in [2.05, 4.69) is 20.8 Å². The third-order valence-corrected chi connectivity index (χ3v) is 3.31. The molecule has 1 unspecified atom stereocenters. The second-order valence-corrected chi connectivity index (χ2v) is 5.71. The van der Waals surface area contributed by atoms with Gasteiger partial charge in [-0.05, 0) is 30.6 Å². The summed E-state index contributed by atoms with van der Waals surface area (Å²) in [5, 5.41) is 0. The Morgan fingerprint density at radius 1 is 1.14 bits per heavy atom. The normalized spacial score (nSPS) is 34.5. The average molecular weight is 198 g/mol. The Kier molecular flexibility index (Phi) is 2.85. The van der Waals surface area contributed by atoms with E-state index in [0.717, 1.165) is 19.6 Å².